The van der Waals surface area contributed by atoms with Crippen LogP contribution in [0.2, 0.25) is 0 Å². The van der Waals surface area contributed by atoms with E-state index in [0.717, 1.165) is 5.56 Å². The van der Waals surface area contributed by atoms with Gasteiger partial charge in [-0.2, -0.15) is 4.98 Å². The van der Waals surface area contributed by atoms with Gasteiger partial charge in [0.15, 0.2) is 5.82 Å². The van der Waals surface area contributed by atoms with Crippen LogP contribution in [0.15, 0.2) is 24.5 Å². The van der Waals surface area contributed by atoms with Crippen LogP contribution in [0, 0.1) is 0 Å². The molecule has 118 valence electrons. The number of carbonyl (C=O) groups excluding carboxylic acids is 1. The van der Waals surface area contributed by atoms with Gasteiger partial charge in [-0.25, -0.2) is 4.79 Å². The molecule has 0 saturated carbocycles. The van der Waals surface area contributed by atoms with E-state index in [-0.39, 0.29) is 0 Å². The highest BCUT2D eigenvalue weighted by molar-refractivity contribution is 5.67. The molecule has 8 heteroatoms. The lowest BCUT2D eigenvalue weighted by atomic mass is 10.2. The molecule has 0 aliphatic heterocycles. The molecule has 0 unspecified atom stereocenters. The Labute approximate surface area is 128 Å². The third-order valence-electron chi connectivity index (χ3n) is 2.52. The van der Waals surface area contributed by atoms with Gasteiger partial charge in [0.1, 0.15) is 5.60 Å². The van der Waals surface area contributed by atoms with Crippen molar-refractivity contribution in [2.24, 2.45) is 0 Å². The van der Waals surface area contributed by atoms with Gasteiger partial charge in [-0.05, 0) is 32.9 Å². The Morgan fingerprint density at radius 1 is 1.27 bits per heavy atom. The number of hydrogen-bond donors (Lipinski definition) is 3. The van der Waals surface area contributed by atoms with E-state index in [1.54, 1.807) is 12.4 Å². The first-order chi connectivity index (χ1) is 10.4. The largest absolute Gasteiger partial charge is 0.444 e. The molecule has 2 aromatic heterocycles. The zero-order valence-corrected chi connectivity index (χ0v) is 12.9. The van der Waals surface area contributed by atoms with Crippen LogP contribution in [0.25, 0.3) is 11.4 Å². The van der Waals surface area contributed by atoms with Crippen molar-refractivity contribution in [2.75, 3.05) is 18.4 Å². The highest BCUT2D eigenvalue weighted by Gasteiger charge is 2.15. The Morgan fingerprint density at radius 2 is 2.00 bits per heavy atom. The minimum absolute atomic E-state index is 0.411. The second kappa shape index (κ2) is 6.88. The number of nitrogens with zero attached hydrogens (tertiary/aromatic N) is 3. The third kappa shape index (κ3) is 5.04. The predicted molar refractivity (Wildman–Crippen MR) is 82.3 cm³/mol. The molecule has 0 saturated heterocycles. The van der Waals surface area contributed by atoms with Crippen LogP contribution in [0.1, 0.15) is 20.8 Å². The molecule has 2 heterocycles. The average molecular weight is 304 g/mol. The summed E-state index contributed by atoms with van der Waals surface area (Å²) in [4.78, 5) is 19.7. The van der Waals surface area contributed by atoms with Gasteiger partial charge in [0.05, 0.1) is 0 Å². The van der Waals surface area contributed by atoms with Crippen molar-refractivity contribution in [3.63, 3.8) is 0 Å². The summed E-state index contributed by atoms with van der Waals surface area (Å²) < 4.78 is 5.13. The summed E-state index contributed by atoms with van der Waals surface area (Å²) in [5.41, 5.74) is 0.406. The highest BCUT2D eigenvalue weighted by atomic mass is 16.6. The number of amides is 1. The second-order valence-corrected chi connectivity index (χ2v) is 5.60. The lowest BCUT2D eigenvalue weighted by Crippen LogP contribution is -2.35. The molecule has 0 atom stereocenters. The van der Waals surface area contributed by atoms with E-state index in [4.69, 9.17) is 4.74 Å². The van der Waals surface area contributed by atoms with Crippen molar-refractivity contribution in [3.8, 4) is 11.4 Å². The topological polar surface area (TPSA) is 105 Å². The molecule has 2 rings (SSSR count). The van der Waals surface area contributed by atoms with E-state index < -0.39 is 11.7 Å². The summed E-state index contributed by atoms with van der Waals surface area (Å²) in [5.74, 6) is 1.13. The van der Waals surface area contributed by atoms with E-state index in [1.807, 2.05) is 32.9 Å². The molecule has 2 aromatic rings. The van der Waals surface area contributed by atoms with Crippen LogP contribution in [0.5, 0.6) is 0 Å². The minimum atomic E-state index is -0.499. The maximum absolute atomic E-state index is 11.5. The molecule has 0 fully saturated rings. The average Bonchev–Trinajstić information content (AvgIpc) is 2.91. The monoisotopic (exact) mass is 304 g/mol. The fourth-order valence-electron chi connectivity index (χ4n) is 1.63. The van der Waals surface area contributed by atoms with E-state index >= 15 is 0 Å². The van der Waals surface area contributed by atoms with E-state index in [1.165, 1.54) is 0 Å². The third-order valence-corrected chi connectivity index (χ3v) is 2.52. The van der Waals surface area contributed by atoms with Crippen LogP contribution < -0.4 is 10.6 Å². The van der Waals surface area contributed by atoms with E-state index in [2.05, 4.69) is 30.8 Å². The fraction of sp³-hybridized carbons (Fsp3) is 0.429. The van der Waals surface area contributed by atoms with Gasteiger partial charge in [-0.3, -0.25) is 10.1 Å². The number of rotatable bonds is 5. The van der Waals surface area contributed by atoms with Gasteiger partial charge < -0.3 is 15.4 Å². The van der Waals surface area contributed by atoms with Gasteiger partial charge in [0.25, 0.3) is 0 Å². The molecule has 0 spiro atoms. The Balaban J connectivity index is 1.74. The Hall–Kier alpha value is -2.64. The summed E-state index contributed by atoms with van der Waals surface area (Å²) in [7, 11) is 0. The summed E-state index contributed by atoms with van der Waals surface area (Å²) in [6.07, 6.45) is 2.94. The van der Waals surface area contributed by atoms with E-state index in [0.29, 0.717) is 24.9 Å². The smallest absolute Gasteiger partial charge is 0.407 e. The molecule has 0 aliphatic rings. The Bertz CT molecular complexity index is 605. The number of alkyl carbamates (subject to hydrolysis) is 1. The standard InChI is InChI=1S/C14H20N6O2/c1-14(2,3)22-13(21)17-9-8-16-12-18-11(19-20-12)10-4-6-15-7-5-10/h4-7H,8-9H2,1-3H3,(H,17,21)(H2,16,18,19,20). The minimum Gasteiger partial charge on any atom is -0.444 e. The number of H-pyrrole nitrogens is 1. The molecule has 1 amide bonds. The molecule has 8 nitrogen and oxygen atoms in total. The van der Waals surface area contributed by atoms with Gasteiger partial charge in [-0.15, -0.1) is 5.10 Å². The lowest BCUT2D eigenvalue weighted by Gasteiger charge is -2.19. The lowest BCUT2D eigenvalue weighted by molar-refractivity contribution is 0.0530. The molecular formula is C14H20N6O2. The zero-order valence-electron chi connectivity index (χ0n) is 12.9. The quantitative estimate of drug-likeness (QED) is 0.728. The highest BCUT2D eigenvalue weighted by Crippen LogP contribution is 2.13. The first-order valence-corrected chi connectivity index (χ1v) is 6.97. The van der Waals surface area contributed by atoms with Crippen LogP contribution >= 0.6 is 0 Å². The van der Waals surface area contributed by atoms with Crippen molar-refractivity contribution in [3.05, 3.63) is 24.5 Å². The number of anilines is 1. The molecule has 22 heavy (non-hydrogen) atoms. The Morgan fingerprint density at radius 3 is 2.68 bits per heavy atom. The summed E-state index contributed by atoms with van der Waals surface area (Å²) in [6.45, 7) is 6.36. The number of aromatic nitrogens is 4. The van der Waals surface area contributed by atoms with Crippen molar-refractivity contribution in [1.82, 2.24) is 25.5 Å². The van der Waals surface area contributed by atoms with Crippen molar-refractivity contribution >= 4 is 12.0 Å². The first kappa shape index (κ1) is 15.7. The molecule has 0 aromatic carbocycles. The number of carbonyl (C=O) groups is 1. The molecule has 0 radical (unpaired) electrons. The number of pyridine rings is 1. The number of aromatic amines is 1. The van der Waals surface area contributed by atoms with Gasteiger partial charge >= 0.3 is 6.09 Å². The predicted octanol–water partition coefficient (Wildman–Crippen LogP) is 1.80. The maximum atomic E-state index is 11.5. The number of hydrogen-bond acceptors (Lipinski definition) is 6. The van der Waals surface area contributed by atoms with E-state index in [9.17, 15) is 4.79 Å². The molecule has 0 aliphatic carbocycles. The number of ether oxygens (including phenoxy) is 1. The molecule has 0 bridgehead atoms. The summed E-state index contributed by atoms with van der Waals surface area (Å²) >= 11 is 0. The summed E-state index contributed by atoms with van der Waals surface area (Å²) in [6, 6.07) is 3.68. The summed E-state index contributed by atoms with van der Waals surface area (Å²) in [5, 5.41) is 12.6. The van der Waals surface area contributed by atoms with Gasteiger partial charge in [-0.1, -0.05) is 0 Å². The first-order valence-electron chi connectivity index (χ1n) is 6.97. The van der Waals surface area contributed by atoms with Crippen molar-refractivity contribution in [1.29, 1.82) is 0 Å². The SMILES string of the molecule is CC(C)(C)OC(=O)NCCNc1n[nH]c(-c2ccncc2)n1. The zero-order chi connectivity index (χ0) is 16.0. The fourth-order valence-corrected chi connectivity index (χ4v) is 1.63. The second-order valence-electron chi connectivity index (χ2n) is 5.60. The van der Waals surface area contributed by atoms with Gasteiger partial charge in [0, 0.05) is 31.0 Å². The van der Waals surface area contributed by atoms with Crippen LogP contribution in [-0.2, 0) is 4.74 Å². The van der Waals surface area contributed by atoms with Crippen LogP contribution in [-0.4, -0.2) is 44.9 Å². The maximum Gasteiger partial charge on any atom is 0.407 e. The molecule has 3 N–H and O–H groups in total. The normalized spacial score (nSPS) is 11.0. The van der Waals surface area contributed by atoms with Crippen LogP contribution in [0.4, 0.5) is 10.7 Å². The van der Waals surface area contributed by atoms with Crippen molar-refractivity contribution < 1.29 is 9.53 Å². The Kier molecular flexibility index (Phi) is 4.92. The van der Waals surface area contributed by atoms with Crippen molar-refractivity contribution in [2.45, 2.75) is 26.4 Å². The van der Waals surface area contributed by atoms with Gasteiger partial charge in [0.2, 0.25) is 5.95 Å². The molecular weight excluding hydrogens is 284 g/mol. The number of nitrogens with one attached hydrogen (secondary N) is 3. The van der Waals surface area contributed by atoms with Crippen LogP contribution in [0.3, 0.4) is 0 Å².